The molecule has 0 radical (unpaired) electrons. The lowest BCUT2D eigenvalue weighted by atomic mass is 10.0. The Morgan fingerprint density at radius 1 is 1.32 bits per heavy atom. The molecule has 1 aromatic rings. The lowest BCUT2D eigenvalue weighted by Gasteiger charge is -2.30. The number of rotatable bonds is 4. The molecule has 0 amide bonds. The van der Waals surface area contributed by atoms with Gasteiger partial charge >= 0.3 is 0 Å². The van der Waals surface area contributed by atoms with Crippen LogP contribution in [0.1, 0.15) is 34.3 Å². The first-order valence-electron chi connectivity index (χ1n) is 6.96. The van der Waals surface area contributed by atoms with Gasteiger partial charge < -0.3 is 4.74 Å². The summed E-state index contributed by atoms with van der Waals surface area (Å²) in [5.74, 6) is 0.218. The molecule has 2 rings (SSSR count). The standard InChI is InChI=1S/C16H23NO2/c1-12-4-5-13(2)15(10-12)16(18)11-17(3)14-6-8-19-9-7-14/h4-5,10,14H,6-9,11H2,1-3H3. The highest BCUT2D eigenvalue weighted by atomic mass is 16.5. The third kappa shape index (κ3) is 3.64. The van der Waals surface area contributed by atoms with Crippen LogP contribution in [0.3, 0.4) is 0 Å². The molecular weight excluding hydrogens is 238 g/mol. The molecule has 3 heteroatoms. The number of nitrogens with zero attached hydrogens (tertiary/aromatic N) is 1. The molecule has 1 aliphatic rings. The van der Waals surface area contributed by atoms with E-state index in [0.29, 0.717) is 12.6 Å². The molecule has 104 valence electrons. The highest BCUT2D eigenvalue weighted by Gasteiger charge is 2.21. The second-order valence-electron chi connectivity index (χ2n) is 5.50. The molecule has 1 aromatic carbocycles. The summed E-state index contributed by atoms with van der Waals surface area (Å²) in [7, 11) is 2.04. The van der Waals surface area contributed by atoms with E-state index in [-0.39, 0.29) is 5.78 Å². The average Bonchev–Trinajstić information content (AvgIpc) is 2.42. The van der Waals surface area contributed by atoms with Gasteiger partial charge in [-0.05, 0) is 45.4 Å². The molecule has 0 aromatic heterocycles. The number of carbonyl (C=O) groups excluding carboxylic acids is 1. The Balaban J connectivity index is 2.01. The second kappa shape index (κ2) is 6.31. The van der Waals surface area contributed by atoms with Gasteiger partial charge in [0, 0.05) is 24.8 Å². The Morgan fingerprint density at radius 2 is 2.00 bits per heavy atom. The van der Waals surface area contributed by atoms with Gasteiger partial charge in [-0.25, -0.2) is 0 Å². The van der Waals surface area contributed by atoms with E-state index in [0.717, 1.165) is 42.7 Å². The van der Waals surface area contributed by atoms with Crippen molar-refractivity contribution in [3.8, 4) is 0 Å². The van der Waals surface area contributed by atoms with Crippen LogP contribution in [0.2, 0.25) is 0 Å². The van der Waals surface area contributed by atoms with Crippen molar-refractivity contribution in [3.05, 3.63) is 34.9 Å². The topological polar surface area (TPSA) is 29.5 Å². The lowest BCUT2D eigenvalue weighted by Crippen LogP contribution is -2.39. The Bertz CT molecular complexity index is 450. The Kier molecular flexibility index (Phi) is 4.72. The number of aryl methyl sites for hydroxylation is 2. The quantitative estimate of drug-likeness (QED) is 0.780. The fraction of sp³-hybridized carbons (Fsp3) is 0.562. The van der Waals surface area contributed by atoms with Gasteiger partial charge in [-0.15, -0.1) is 0 Å². The molecule has 0 unspecified atom stereocenters. The molecule has 3 nitrogen and oxygen atoms in total. The van der Waals surface area contributed by atoms with Crippen LogP contribution < -0.4 is 0 Å². The van der Waals surface area contributed by atoms with Crippen molar-refractivity contribution in [1.29, 1.82) is 0 Å². The highest BCUT2D eigenvalue weighted by Crippen LogP contribution is 2.16. The molecule has 1 aliphatic heterocycles. The van der Waals surface area contributed by atoms with Crippen LogP contribution in [0.15, 0.2) is 18.2 Å². The van der Waals surface area contributed by atoms with Crippen molar-refractivity contribution in [2.45, 2.75) is 32.7 Å². The lowest BCUT2D eigenvalue weighted by molar-refractivity contribution is 0.0418. The Labute approximate surface area is 115 Å². The first-order valence-corrected chi connectivity index (χ1v) is 6.96. The molecule has 1 heterocycles. The largest absolute Gasteiger partial charge is 0.381 e. The fourth-order valence-electron chi connectivity index (χ4n) is 2.60. The molecule has 0 saturated carbocycles. The van der Waals surface area contributed by atoms with Crippen LogP contribution >= 0.6 is 0 Å². The van der Waals surface area contributed by atoms with Crippen LogP contribution in [-0.2, 0) is 4.74 Å². The molecule has 0 N–H and O–H groups in total. The van der Waals surface area contributed by atoms with Gasteiger partial charge in [0.25, 0.3) is 0 Å². The number of hydrogen-bond donors (Lipinski definition) is 0. The van der Waals surface area contributed by atoms with Crippen LogP contribution in [-0.4, -0.2) is 43.5 Å². The molecule has 0 atom stereocenters. The van der Waals surface area contributed by atoms with Crippen LogP contribution in [0.4, 0.5) is 0 Å². The second-order valence-corrected chi connectivity index (χ2v) is 5.50. The van der Waals surface area contributed by atoms with Gasteiger partial charge in [-0.2, -0.15) is 0 Å². The summed E-state index contributed by atoms with van der Waals surface area (Å²) in [6.45, 7) is 6.15. The molecule has 0 spiro atoms. The third-order valence-corrected chi connectivity index (χ3v) is 3.90. The zero-order valence-electron chi connectivity index (χ0n) is 12.1. The van der Waals surface area contributed by atoms with E-state index in [1.54, 1.807) is 0 Å². The summed E-state index contributed by atoms with van der Waals surface area (Å²) in [5, 5.41) is 0. The van der Waals surface area contributed by atoms with Gasteiger partial charge in [-0.3, -0.25) is 9.69 Å². The number of likely N-dealkylation sites (N-methyl/N-ethyl adjacent to an activating group) is 1. The van der Waals surface area contributed by atoms with E-state index < -0.39 is 0 Å². The summed E-state index contributed by atoms with van der Waals surface area (Å²) in [4.78, 5) is 14.6. The average molecular weight is 261 g/mol. The van der Waals surface area contributed by atoms with Gasteiger partial charge in [0.2, 0.25) is 0 Å². The summed E-state index contributed by atoms with van der Waals surface area (Å²) in [6, 6.07) is 6.55. The number of Topliss-reactive ketones (excluding diaryl/α,β-unsaturated/α-hetero) is 1. The van der Waals surface area contributed by atoms with E-state index in [2.05, 4.69) is 4.90 Å². The minimum atomic E-state index is 0.218. The zero-order valence-corrected chi connectivity index (χ0v) is 12.1. The number of hydrogen-bond acceptors (Lipinski definition) is 3. The molecule has 1 saturated heterocycles. The third-order valence-electron chi connectivity index (χ3n) is 3.90. The van der Waals surface area contributed by atoms with Crippen LogP contribution in [0.25, 0.3) is 0 Å². The first-order chi connectivity index (χ1) is 9.08. The normalized spacial score (nSPS) is 16.8. The minimum Gasteiger partial charge on any atom is -0.381 e. The molecular formula is C16H23NO2. The predicted octanol–water partition coefficient (Wildman–Crippen LogP) is 2.60. The van der Waals surface area contributed by atoms with E-state index in [9.17, 15) is 4.79 Å². The maximum atomic E-state index is 12.4. The first kappa shape index (κ1) is 14.2. The molecule has 1 fully saturated rings. The van der Waals surface area contributed by atoms with E-state index >= 15 is 0 Å². The van der Waals surface area contributed by atoms with E-state index in [4.69, 9.17) is 4.74 Å². The molecule has 0 aliphatic carbocycles. The van der Waals surface area contributed by atoms with Crippen molar-refractivity contribution >= 4 is 5.78 Å². The summed E-state index contributed by atoms with van der Waals surface area (Å²) in [6.07, 6.45) is 2.05. The van der Waals surface area contributed by atoms with Gasteiger partial charge in [0.1, 0.15) is 0 Å². The Hall–Kier alpha value is -1.19. The number of carbonyl (C=O) groups is 1. The minimum absolute atomic E-state index is 0.218. The van der Waals surface area contributed by atoms with Crippen molar-refractivity contribution in [3.63, 3.8) is 0 Å². The number of ether oxygens (including phenoxy) is 1. The Morgan fingerprint density at radius 3 is 2.68 bits per heavy atom. The van der Waals surface area contributed by atoms with Crippen LogP contribution in [0.5, 0.6) is 0 Å². The summed E-state index contributed by atoms with van der Waals surface area (Å²) in [5.41, 5.74) is 3.07. The summed E-state index contributed by atoms with van der Waals surface area (Å²) < 4.78 is 5.36. The van der Waals surface area contributed by atoms with Crippen molar-refractivity contribution in [1.82, 2.24) is 4.90 Å². The molecule has 0 bridgehead atoms. The fourth-order valence-corrected chi connectivity index (χ4v) is 2.60. The van der Waals surface area contributed by atoms with Crippen molar-refractivity contribution < 1.29 is 9.53 Å². The molecule has 19 heavy (non-hydrogen) atoms. The van der Waals surface area contributed by atoms with Gasteiger partial charge in [0.15, 0.2) is 5.78 Å². The zero-order chi connectivity index (χ0) is 13.8. The predicted molar refractivity (Wildman–Crippen MR) is 76.7 cm³/mol. The number of ketones is 1. The summed E-state index contributed by atoms with van der Waals surface area (Å²) >= 11 is 0. The monoisotopic (exact) mass is 261 g/mol. The van der Waals surface area contributed by atoms with Crippen molar-refractivity contribution in [2.75, 3.05) is 26.8 Å². The highest BCUT2D eigenvalue weighted by molar-refractivity contribution is 5.99. The SMILES string of the molecule is Cc1ccc(C)c(C(=O)CN(C)C2CCOCC2)c1. The smallest absolute Gasteiger partial charge is 0.177 e. The van der Waals surface area contributed by atoms with Gasteiger partial charge in [-0.1, -0.05) is 17.7 Å². The van der Waals surface area contributed by atoms with Crippen LogP contribution in [0, 0.1) is 13.8 Å². The van der Waals surface area contributed by atoms with E-state index in [1.807, 2.05) is 39.1 Å². The van der Waals surface area contributed by atoms with E-state index in [1.165, 1.54) is 0 Å². The van der Waals surface area contributed by atoms with Crippen molar-refractivity contribution in [2.24, 2.45) is 0 Å². The maximum absolute atomic E-state index is 12.4. The number of benzene rings is 1. The van der Waals surface area contributed by atoms with Gasteiger partial charge in [0.05, 0.1) is 6.54 Å². The maximum Gasteiger partial charge on any atom is 0.177 e.